The second-order valence-corrected chi connectivity index (χ2v) is 3.38. The zero-order chi connectivity index (χ0) is 10.1. The van der Waals surface area contributed by atoms with Crippen LogP contribution in [0.25, 0.3) is 0 Å². The number of fused-ring (bicyclic) bond motifs is 1. The van der Waals surface area contributed by atoms with Crippen molar-refractivity contribution in [1.82, 2.24) is 0 Å². The van der Waals surface area contributed by atoms with Crippen LogP contribution >= 0.6 is 17.0 Å². The first-order valence-electron chi connectivity index (χ1n) is 4.81. The van der Waals surface area contributed by atoms with Gasteiger partial charge in [0, 0.05) is 19.2 Å². The Morgan fingerprint density at radius 1 is 1.53 bits per heavy atom. The zero-order valence-electron chi connectivity index (χ0n) is 8.74. The summed E-state index contributed by atoms with van der Waals surface area (Å²) in [4.78, 5) is 11.4. The van der Waals surface area contributed by atoms with Crippen molar-refractivity contribution in [2.24, 2.45) is 0 Å². The Labute approximate surface area is 101 Å². The molecule has 1 aromatic carbocycles. The quantitative estimate of drug-likeness (QED) is 0.842. The topological polar surface area (TPSA) is 38.3 Å². The van der Waals surface area contributed by atoms with Gasteiger partial charge in [0.15, 0.2) is 0 Å². The van der Waals surface area contributed by atoms with E-state index in [0.717, 1.165) is 17.8 Å². The van der Waals surface area contributed by atoms with Gasteiger partial charge in [-0.15, -0.1) is 17.0 Å². The standard InChI is InChI=1S/C11H13NO2.BrH.H2/c1-3-12-8-4-5-9-7(2)14-11(13)10(9)6-8;;/h4-7,12H,3H2,1-2H3;2*1H. The van der Waals surface area contributed by atoms with E-state index in [2.05, 4.69) is 5.32 Å². The minimum absolute atomic E-state index is 0. The maximum Gasteiger partial charge on any atom is 0.339 e. The fourth-order valence-corrected chi connectivity index (χ4v) is 1.69. The molecular formula is C11H16BrNO2. The molecule has 0 bridgehead atoms. The van der Waals surface area contributed by atoms with Crippen LogP contribution in [0.15, 0.2) is 18.2 Å². The Morgan fingerprint density at radius 2 is 2.27 bits per heavy atom. The second-order valence-electron chi connectivity index (χ2n) is 3.38. The fourth-order valence-electron chi connectivity index (χ4n) is 1.69. The first-order valence-corrected chi connectivity index (χ1v) is 4.81. The van der Waals surface area contributed by atoms with Crippen LogP contribution in [-0.4, -0.2) is 12.5 Å². The van der Waals surface area contributed by atoms with Gasteiger partial charge in [0.05, 0.1) is 5.56 Å². The highest BCUT2D eigenvalue weighted by atomic mass is 79.9. The molecule has 15 heavy (non-hydrogen) atoms. The van der Waals surface area contributed by atoms with Crippen LogP contribution in [0, 0.1) is 0 Å². The van der Waals surface area contributed by atoms with Crippen molar-refractivity contribution in [3.63, 3.8) is 0 Å². The summed E-state index contributed by atoms with van der Waals surface area (Å²) in [6, 6.07) is 5.77. The van der Waals surface area contributed by atoms with Gasteiger partial charge < -0.3 is 10.1 Å². The molecule has 0 spiro atoms. The van der Waals surface area contributed by atoms with E-state index in [0.29, 0.717) is 5.56 Å². The molecule has 1 atom stereocenters. The molecule has 1 unspecified atom stereocenters. The third kappa shape index (κ3) is 2.15. The fraction of sp³-hybridized carbons (Fsp3) is 0.364. The molecule has 0 saturated heterocycles. The van der Waals surface area contributed by atoms with E-state index in [1.165, 1.54) is 0 Å². The summed E-state index contributed by atoms with van der Waals surface area (Å²) in [7, 11) is 0. The SMILES string of the molecule is Br.CCNc1ccc2c(c1)C(=O)OC2C.[HH]. The highest BCUT2D eigenvalue weighted by molar-refractivity contribution is 8.93. The number of esters is 1. The highest BCUT2D eigenvalue weighted by Gasteiger charge is 2.27. The molecule has 1 N–H and O–H groups in total. The first kappa shape index (κ1) is 12.0. The van der Waals surface area contributed by atoms with E-state index >= 15 is 0 Å². The number of hydrogen-bond acceptors (Lipinski definition) is 3. The molecule has 3 nitrogen and oxygen atoms in total. The Balaban J connectivity index is 0.00000112. The van der Waals surface area contributed by atoms with Gasteiger partial charge in [0.2, 0.25) is 0 Å². The predicted octanol–water partition coefficient (Wildman–Crippen LogP) is 3.17. The second kappa shape index (κ2) is 4.66. The normalized spacial score (nSPS) is 17.7. The molecule has 0 amide bonds. The smallest absolute Gasteiger partial charge is 0.339 e. The number of halogens is 1. The third-order valence-electron chi connectivity index (χ3n) is 2.38. The highest BCUT2D eigenvalue weighted by Crippen LogP contribution is 2.31. The number of benzene rings is 1. The Morgan fingerprint density at radius 3 is 2.93 bits per heavy atom. The van der Waals surface area contributed by atoms with Crippen LogP contribution in [-0.2, 0) is 4.74 Å². The van der Waals surface area contributed by atoms with E-state index < -0.39 is 0 Å². The predicted molar refractivity (Wildman–Crippen MR) is 66.9 cm³/mol. The van der Waals surface area contributed by atoms with Crippen LogP contribution < -0.4 is 5.32 Å². The van der Waals surface area contributed by atoms with E-state index in [1.807, 2.05) is 32.0 Å². The van der Waals surface area contributed by atoms with Gasteiger partial charge in [-0.1, -0.05) is 6.07 Å². The molecule has 0 aliphatic carbocycles. The van der Waals surface area contributed by atoms with Crippen molar-refractivity contribution < 1.29 is 11.0 Å². The van der Waals surface area contributed by atoms with E-state index in [9.17, 15) is 4.79 Å². The summed E-state index contributed by atoms with van der Waals surface area (Å²) in [5.74, 6) is -0.216. The number of anilines is 1. The molecule has 0 aromatic heterocycles. The lowest BCUT2D eigenvalue weighted by molar-refractivity contribution is 0.0422. The number of carbonyl (C=O) groups excluding carboxylic acids is 1. The van der Waals surface area contributed by atoms with E-state index in [-0.39, 0.29) is 30.5 Å². The molecule has 1 aliphatic heterocycles. The van der Waals surface area contributed by atoms with Crippen molar-refractivity contribution in [2.45, 2.75) is 20.0 Å². The van der Waals surface area contributed by atoms with Crippen LogP contribution in [0.1, 0.15) is 37.3 Å². The molecule has 0 saturated carbocycles. The summed E-state index contributed by atoms with van der Waals surface area (Å²) >= 11 is 0. The minimum atomic E-state index is -0.216. The van der Waals surface area contributed by atoms with Crippen LogP contribution in [0.4, 0.5) is 5.69 Å². The van der Waals surface area contributed by atoms with Crippen LogP contribution in [0.2, 0.25) is 0 Å². The number of nitrogens with one attached hydrogen (secondary N) is 1. The molecule has 84 valence electrons. The van der Waals surface area contributed by atoms with Crippen molar-refractivity contribution in [2.75, 3.05) is 11.9 Å². The maximum absolute atomic E-state index is 11.4. The average molecular weight is 274 g/mol. The lowest BCUT2D eigenvalue weighted by Gasteiger charge is -2.04. The number of carbonyl (C=O) groups is 1. The summed E-state index contributed by atoms with van der Waals surface area (Å²) in [5, 5.41) is 3.16. The van der Waals surface area contributed by atoms with Gasteiger partial charge in [-0.05, 0) is 26.0 Å². The summed E-state index contributed by atoms with van der Waals surface area (Å²) in [6.07, 6.45) is -0.104. The number of hydrogen-bond donors (Lipinski definition) is 1. The molecule has 2 rings (SSSR count). The molecular weight excluding hydrogens is 258 g/mol. The van der Waals surface area contributed by atoms with Gasteiger partial charge in [-0.2, -0.15) is 0 Å². The Bertz CT molecular complexity index is 384. The Hall–Kier alpha value is -1.03. The summed E-state index contributed by atoms with van der Waals surface area (Å²) in [6.45, 7) is 4.76. The van der Waals surface area contributed by atoms with Crippen LogP contribution in [0.5, 0.6) is 0 Å². The lowest BCUT2D eigenvalue weighted by atomic mass is 10.1. The maximum atomic E-state index is 11.4. The van der Waals surface area contributed by atoms with Crippen molar-refractivity contribution >= 4 is 28.6 Å². The molecule has 1 heterocycles. The molecule has 1 aliphatic rings. The number of rotatable bonds is 2. The minimum Gasteiger partial charge on any atom is -0.454 e. The average Bonchev–Trinajstić information content (AvgIpc) is 2.43. The monoisotopic (exact) mass is 273 g/mol. The van der Waals surface area contributed by atoms with E-state index in [1.54, 1.807) is 0 Å². The largest absolute Gasteiger partial charge is 0.454 e. The zero-order valence-corrected chi connectivity index (χ0v) is 10.5. The van der Waals surface area contributed by atoms with Gasteiger partial charge in [0.1, 0.15) is 6.10 Å². The summed E-state index contributed by atoms with van der Waals surface area (Å²) in [5.41, 5.74) is 2.64. The van der Waals surface area contributed by atoms with Gasteiger partial charge in [0.25, 0.3) is 0 Å². The van der Waals surface area contributed by atoms with E-state index in [4.69, 9.17) is 4.74 Å². The van der Waals surface area contributed by atoms with Gasteiger partial charge >= 0.3 is 5.97 Å². The first-order chi connectivity index (χ1) is 6.72. The van der Waals surface area contributed by atoms with Gasteiger partial charge in [-0.3, -0.25) is 0 Å². The van der Waals surface area contributed by atoms with Crippen molar-refractivity contribution in [3.05, 3.63) is 29.3 Å². The Kier molecular flexibility index (Phi) is 3.74. The van der Waals surface area contributed by atoms with Crippen molar-refractivity contribution in [3.8, 4) is 0 Å². The summed E-state index contributed by atoms with van der Waals surface area (Å²) < 4.78 is 5.10. The molecule has 1 aromatic rings. The number of ether oxygens (including phenoxy) is 1. The molecule has 0 fully saturated rings. The molecule has 4 heteroatoms. The number of cyclic esters (lactones) is 1. The lowest BCUT2D eigenvalue weighted by Crippen LogP contribution is -1.99. The molecule has 0 radical (unpaired) electrons. The van der Waals surface area contributed by atoms with Crippen molar-refractivity contribution in [1.29, 1.82) is 0 Å². The third-order valence-corrected chi connectivity index (χ3v) is 2.38. The van der Waals surface area contributed by atoms with Gasteiger partial charge in [-0.25, -0.2) is 4.79 Å². The van der Waals surface area contributed by atoms with Crippen LogP contribution in [0.3, 0.4) is 0 Å².